The third-order valence-electron chi connectivity index (χ3n) is 3.88. The molecule has 1 atom stereocenters. The Balaban J connectivity index is 0.00000338. The number of likely N-dealkylation sites (tertiary alicyclic amines) is 1. The first kappa shape index (κ1) is 23.6. The number of nitrogens with zero attached hydrogens (tertiary/aromatic N) is 2. The first-order valence-corrected chi connectivity index (χ1v) is 10.5. The number of guanidine groups is 1. The number of aliphatic imine (C=N–C) groups is 1. The normalized spacial score (nSPS) is 15.3. The first-order chi connectivity index (χ1) is 12.1. The average Bonchev–Trinajstić information content (AvgIpc) is 3.14. The van der Waals surface area contributed by atoms with Crippen molar-refractivity contribution in [3.8, 4) is 0 Å². The molecule has 1 heterocycles. The van der Waals surface area contributed by atoms with Gasteiger partial charge in [-0.3, -0.25) is 4.79 Å². The molecule has 2 rings (SSSR count). The largest absolute Gasteiger partial charge is 0.357 e. The molecule has 8 heteroatoms. The molecule has 1 aliphatic heterocycles. The lowest BCUT2D eigenvalue weighted by Gasteiger charge is -2.17. The van der Waals surface area contributed by atoms with E-state index in [1.54, 1.807) is 0 Å². The van der Waals surface area contributed by atoms with Crippen molar-refractivity contribution in [3.05, 3.63) is 28.7 Å². The van der Waals surface area contributed by atoms with Gasteiger partial charge in [0.05, 0.1) is 0 Å². The molecule has 1 amide bonds. The summed E-state index contributed by atoms with van der Waals surface area (Å²) in [6.07, 6.45) is 2.22. The van der Waals surface area contributed by atoms with E-state index in [4.69, 9.17) is 0 Å². The molecule has 1 aliphatic rings. The van der Waals surface area contributed by atoms with Gasteiger partial charge in [0.15, 0.2) is 5.96 Å². The van der Waals surface area contributed by atoms with Crippen molar-refractivity contribution in [2.75, 3.05) is 32.7 Å². The summed E-state index contributed by atoms with van der Waals surface area (Å²) < 4.78 is 1.09. The summed E-state index contributed by atoms with van der Waals surface area (Å²) in [5, 5.41) is 6.93. The van der Waals surface area contributed by atoms with Gasteiger partial charge < -0.3 is 15.5 Å². The monoisotopic (exact) mass is 554 g/mol. The molecule has 0 aliphatic carbocycles. The van der Waals surface area contributed by atoms with Crippen molar-refractivity contribution < 1.29 is 4.79 Å². The number of halogens is 2. The van der Waals surface area contributed by atoms with E-state index in [1.165, 1.54) is 4.90 Å². The van der Waals surface area contributed by atoms with Crippen LogP contribution in [0.3, 0.4) is 0 Å². The molecular weight excluding hydrogens is 527 g/mol. The van der Waals surface area contributed by atoms with Crippen LogP contribution in [0.1, 0.15) is 26.7 Å². The Labute approximate surface area is 186 Å². The Hall–Kier alpha value is -0.480. The summed E-state index contributed by atoms with van der Waals surface area (Å²) in [5.74, 6) is 0.824. The Morgan fingerprint density at radius 1 is 1.27 bits per heavy atom. The molecule has 1 aromatic carbocycles. The predicted molar refractivity (Wildman–Crippen MR) is 125 cm³/mol. The van der Waals surface area contributed by atoms with Gasteiger partial charge in [0.2, 0.25) is 5.91 Å². The fourth-order valence-corrected chi connectivity index (χ4v) is 3.77. The topological polar surface area (TPSA) is 56.7 Å². The van der Waals surface area contributed by atoms with E-state index in [1.807, 2.05) is 23.6 Å². The summed E-state index contributed by atoms with van der Waals surface area (Å²) >= 11 is 5.27. The summed E-state index contributed by atoms with van der Waals surface area (Å²) in [4.78, 5) is 19.7. The molecule has 0 spiro atoms. The van der Waals surface area contributed by atoms with Gasteiger partial charge in [-0.1, -0.05) is 22.9 Å². The van der Waals surface area contributed by atoms with Gasteiger partial charge in [0.25, 0.3) is 0 Å². The molecule has 0 aromatic heterocycles. The van der Waals surface area contributed by atoms with Crippen molar-refractivity contribution >= 4 is 63.5 Å². The number of rotatable bonds is 7. The molecule has 1 fully saturated rings. The van der Waals surface area contributed by atoms with Crippen LogP contribution < -0.4 is 10.6 Å². The van der Waals surface area contributed by atoms with Crippen LogP contribution in [0.15, 0.2) is 38.6 Å². The van der Waals surface area contributed by atoms with Crippen molar-refractivity contribution in [1.82, 2.24) is 15.5 Å². The van der Waals surface area contributed by atoms with E-state index in [2.05, 4.69) is 62.7 Å². The van der Waals surface area contributed by atoms with E-state index in [0.29, 0.717) is 11.2 Å². The van der Waals surface area contributed by atoms with Gasteiger partial charge in [-0.2, -0.15) is 0 Å². The highest BCUT2D eigenvalue weighted by Crippen LogP contribution is 2.24. The van der Waals surface area contributed by atoms with Crippen LogP contribution in [0.4, 0.5) is 0 Å². The first-order valence-electron chi connectivity index (χ1n) is 8.80. The Morgan fingerprint density at radius 2 is 1.92 bits per heavy atom. The van der Waals surface area contributed by atoms with Gasteiger partial charge in [0.1, 0.15) is 6.54 Å². The fourth-order valence-electron chi connectivity index (χ4n) is 2.58. The SMILES string of the molecule is CCNC(=NCC(=O)N1CCCC1)NCC(C)Sc1ccc(Br)cc1.I. The molecule has 1 aromatic rings. The van der Waals surface area contributed by atoms with Gasteiger partial charge >= 0.3 is 0 Å². The van der Waals surface area contributed by atoms with Crippen LogP contribution in [0.25, 0.3) is 0 Å². The smallest absolute Gasteiger partial charge is 0.244 e. The quantitative estimate of drug-likeness (QED) is 0.233. The van der Waals surface area contributed by atoms with Gasteiger partial charge in [-0.15, -0.1) is 35.7 Å². The highest BCUT2D eigenvalue weighted by Gasteiger charge is 2.17. The van der Waals surface area contributed by atoms with Crippen LogP contribution in [0, 0.1) is 0 Å². The second-order valence-electron chi connectivity index (χ2n) is 6.05. The lowest BCUT2D eigenvalue weighted by Crippen LogP contribution is -2.41. The molecule has 1 saturated heterocycles. The number of carbonyl (C=O) groups is 1. The maximum atomic E-state index is 12.1. The van der Waals surface area contributed by atoms with Crippen molar-refractivity contribution in [2.45, 2.75) is 36.8 Å². The summed E-state index contributed by atoms with van der Waals surface area (Å²) in [6, 6.07) is 8.33. The maximum Gasteiger partial charge on any atom is 0.244 e. The van der Waals surface area contributed by atoms with Crippen LogP contribution >= 0.6 is 51.7 Å². The highest BCUT2D eigenvalue weighted by atomic mass is 127. The minimum Gasteiger partial charge on any atom is -0.357 e. The third kappa shape index (κ3) is 8.47. The number of benzene rings is 1. The molecule has 0 radical (unpaired) electrons. The predicted octanol–water partition coefficient (Wildman–Crippen LogP) is 3.73. The van der Waals surface area contributed by atoms with Crippen LogP contribution in [-0.2, 0) is 4.79 Å². The minimum absolute atomic E-state index is 0. The fraction of sp³-hybridized carbons (Fsp3) is 0.556. The zero-order chi connectivity index (χ0) is 18.1. The van der Waals surface area contributed by atoms with E-state index >= 15 is 0 Å². The van der Waals surface area contributed by atoms with Crippen molar-refractivity contribution in [3.63, 3.8) is 0 Å². The Kier molecular flexibility index (Phi) is 11.6. The molecule has 1 unspecified atom stereocenters. The molecular formula is C18H28BrIN4OS. The van der Waals surface area contributed by atoms with E-state index < -0.39 is 0 Å². The Bertz CT molecular complexity index is 579. The summed E-state index contributed by atoms with van der Waals surface area (Å²) in [6.45, 7) is 7.72. The lowest BCUT2D eigenvalue weighted by molar-refractivity contribution is -0.128. The summed E-state index contributed by atoms with van der Waals surface area (Å²) in [7, 11) is 0. The van der Waals surface area contributed by atoms with Crippen LogP contribution in [-0.4, -0.2) is 54.7 Å². The number of hydrogen-bond donors (Lipinski definition) is 2. The van der Waals surface area contributed by atoms with Gasteiger partial charge in [-0.25, -0.2) is 4.99 Å². The molecule has 2 N–H and O–H groups in total. The molecule has 0 bridgehead atoms. The third-order valence-corrected chi connectivity index (χ3v) is 5.53. The summed E-state index contributed by atoms with van der Waals surface area (Å²) in [5.41, 5.74) is 0. The number of carbonyl (C=O) groups excluding carboxylic acids is 1. The zero-order valence-corrected chi connectivity index (χ0v) is 20.1. The van der Waals surface area contributed by atoms with Gasteiger partial charge in [0, 0.05) is 40.8 Å². The van der Waals surface area contributed by atoms with Crippen LogP contribution in [0.2, 0.25) is 0 Å². The molecule has 5 nitrogen and oxygen atoms in total. The lowest BCUT2D eigenvalue weighted by atomic mass is 10.4. The maximum absolute atomic E-state index is 12.1. The molecule has 26 heavy (non-hydrogen) atoms. The van der Waals surface area contributed by atoms with E-state index in [0.717, 1.165) is 43.5 Å². The Morgan fingerprint density at radius 3 is 2.54 bits per heavy atom. The number of hydrogen-bond acceptors (Lipinski definition) is 3. The number of thioether (sulfide) groups is 1. The van der Waals surface area contributed by atoms with E-state index in [-0.39, 0.29) is 36.4 Å². The molecule has 146 valence electrons. The van der Waals surface area contributed by atoms with E-state index in [9.17, 15) is 4.79 Å². The van der Waals surface area contributed by atoms with Crippen LogP contribution in [0.5, 0.6) is 0 Å². The number of nitrogens with one attached hydrogen (secondary N) is 2. The second-order valence-corrected chi connectivity index (χ2v) is 8.47. The molecule has 0 saturated carbocycles. The second kappa shape index (κ2) is 12.8. The highest BCUT2D eigenvalue weighted by molar-refractivity contribution is 14.0. The number of amides is 1. The van der Waals surface area contributed by atoms with Gasteiger partial charge in [-0.05, 0) is 44.0 Å². The van der Waals surface area contributed by atoms with Crippen molar-refractivity contribution in [1.29, 1.82) is 0 Å². The zero-order valence-electron chi connectivity index (χ0n) is 15.3. The van der Waals surface area contributed by atoms with Crippen molar-refractivity contribution in [2.24, 2.45) is 4.99 Å². The minimum atomic E-state index is 0. The average molecular weight is 555 g/mol. The standard InChI is InChI=1S/C18H27BrN4OS.HI/c1-3-20-18(22-13-17(24)23-10-4-5-11-23)21-12-14(2)25-16-8-6-15(19)7-9-16;/h6-9,14H,3-5,10-13H2,1-2H3,(H2,20,21,22);1H.